The van der Waals surface area contributed by atoms with Crippen LogP contribution in [0.4, 0.5) is 14.7 Å². The minimum atomic E-state index is -5.14. The van der Waals surface area contributed by atoms with Crippen LogP contribution in [-0.2, 0) is 56.8 Å². The Kier molecular flexibility index (Phi) is 13.0. The molecule has 1 aliphatic carbocycles. The van der Waals surface area contributed by atoms with Crippen LogP contribution >= 0.6 is 11.3 Å². The van der Waals surface area contributed by atoms with Crippen LogP contribution in [0, 0.1) is 0 Å². The number of carbonyl (C=O) groups excluding carboxylic acids is 5. The molecule has 62 heavy (non-hydrogen) atoms. The number of nitrogens with zero attached hydrogens (tertiary/aromatic N) is 6. The summed E-state index contributed by atoms with van der Waals surface area (Å²) in [5, 5.41) is 21.0. The first-order chi connectivity index (χ1) is 29.1. The van der Waals surface area contributed by atoms with E-state index in [2.05, 4.69) is 36.3 Å². The number of hydrogen-bond acceptors (Lipinski definition) is 16. The van der Waals surface area contributed by atoms with Gasteiger partial charge in [-0.1, -0.05) is 65.8 Å². The average Bonchev–Trinajstić information content (AvgIpc) is 3.61. The fraction of sp³-hybridized carbons (Fsp3) is 0.410. The highest BCUT2D eigenvalue weighted by Crippen LogP contribution is 2.43. The second-order valence-electron chi connectivity index (χ2n) is 16.2. The lowest BCUT2D eigenvalue weighted by Crippen LogP contribution is -2.73. The molecule has 2 aromatic carbocycles. The molecular formula is C39H45N9O12S2. The summed E-state index contributed by atoms with van der Waals surface area (Å²) >= 11 is 0.892. The Morgan fingerprint density at radius 2 is 1.55 bits per heavy atom. The molecule has 6 rings (SSSR count). The molecule has 1 saturated carbocycles. The highest BCUT2D eigenvalue weighted by Gasteiger charge is 2.57. The maximum absolute atomic E-state index is 14.1. The minimum Gasteiger partial charge on any atom is -0.450 e. The van der Waals surface area contributed by atoms with Crippen molar-refractivity contribution in [3.05, 3.63) is 94.8 Å². The third-order valence-corrected chi connectivity index (χ3v) is 10.5. The minimum absolute atomic E-state index is 0.0132. The molecule has 21 nitrogen and oxygen atoms in total. The van der Waals surface area contributed by atoms with Crippen LogP contribution in [0.25, 0.3) is 0 Å². The molecule has 1 saturated heterocycles. The Labute approximate surface area is 360 Å². The molecule has 23 heteroatoms. The van der Waals surface area contributed by atoms with Crippen molar-refractivity contribution < 1.29 is 56.0 Å². The molecule has 4 amide bonds. The summed E-state index contributed by atoms with van der Waals surface area (Å²) in [6.45, 7) is 9.48. The zero-order valence-electron chi connectivity index (χ0n) is 34.4. The predicted octanol–water partition coefficient (Wildman–Crippen LogP) is 3.89. The SMILES string of the molecule is CC(C)(C)OC(=O)NCc1cnn(C[C@@H]2[C@H](NC(=O)/C(=N/OC3(C(=O)OC(c4ccccc4)c4ccccc4)CC3)c3csc(NC(=O)OC(C)(C)C)n3)C(=O)N2S(=O)(=O)O)n1. The number of ether oxygens (including phenoxy) is 3. The highest BCUT2D eigenvalue weighted by atomic mass is 32.2. The number of esters is 1. The maximum atomic E-state index is 14.1. The highest BCUT2D eigenvalue weighted by molar-refractivity contribution is 7.84. The van der Waals surface area contributed by atoms with Crippen LogP contribution in [-0.4, -0.2) is 102 Å². The van der Waals surface area contributed by atoms with Crippen LogP contribution in [0.5, 0.6) is 0 Å². The molecular weight excluding hydrogens is 851 g/mol. The molecule has 2 aromatic heterocycles. The average molecular weight is 896 g/mol. The van der Waals surface area contributed by atoms with Crippen LogP contribution < -0.4 is 16.0 Å². The van der Waals surface area contributed by atoms with Gasteiger partial charge in [-0.15, -0.1) is 11.3 Å². The molecule has 3 heterocycles. The van der Waals surface area contributed by atoms with Gasteiger partial charge in [0.25, 0.3) is 11.8 Å². The molecule has 4 N–H and O–H groups in total. The molecule has 4 aromatic rings. The van der Waals surface area contributed by atoms with Crippen molar-refractivity contribution in [1.82, 2.24) is 34.9 Å². The summed E-state index contributed by atoms with van der Waals surface area (Å²) in [6.07, 6.45) is -0.764. The maximum Gasteiger partial charge on any atom is 0.413 e. The molecule has 1 aliphatic heterocycles. The van der Waals surface area contributed by atoms with E-state index in [1.165, 1.54) is 11.6 Å². The lowest BCUT2D eigenvalue weighted by atomic mass is 9.98. The number of rotatable bonds is 15. The predicted molar refractivity (Wildman–Crippen MR) is 220 cm³/mol. The first kappa shape index (κ1) is 45.1. The van der Waals surface area contributed by atoms with Crippen molar-refractivity contribution >= 4 is 62.5 Å². The van der Waals surface area contributed by atoms with Gasteiger partial charge in [0.15, 0.2) is 16.9 Å². The molecule has 2 fully saturated rings. The van der Waals surface area contributed by atoms with Gasteiger partial charge in [0, 0.05) is 18.2 Å². The number of nitrogens with one attached hydrogen (secondary N) is 3. The number of thiazole rings is 1. The smallest absolute Gasteiger partial charge is 0.413 e. The molecule has 2 atom stereocenters. The lowest BCUT2D eigenvalue weighted by Gasteiger charge is -2.43. The van der Waals surface area contributed by atoms with Gasteiger partial charge in [-0.2, -0.15) is 23.4 Å². The number of amides is 4. The van der Waals surface area contributed by atoms with E-state index in [1.807, 2.05) is 12.1 Å². The third-order valence-electron chi connectivity index (χ3n) is 8.84. The topological polar surface area (TPSA) is 272 Å². The number of anilines is 1. The van der Waals surface area contributed by atoms with Gasteiger partial charge in [0.1, 0.15) is 34.7 Å². The third kappa shape index (κ3) is 11.5. The summed E-state index contributed by atoms with van der Waals surface area (Å²) in [5.74, 6) is -3.08. The number of carbonyl (C=O) groups is 5. The number of hydrogen-bond donors (Lipinski definition) is 4. The van der Waals surface area contributed by atoms with Crippen molar-refractivity contribution in [2.75, 3.05) is 5.32 Å². The lowest BCUT2D eigenvalue weighted by molar-refractivity contribution is -0.164. The molecule has 2 aliphatic rings. The Morgan fingerprint density at radius 3 is 2.11 bits per heavy atom. The molecule has 0 spiro atoms. The largest absolute Gasteiger partial charge is 0.450 e. The molecule has 0 unspecified atom stereocenters. The Morgan fingerprint density at radius 1 is 0.952 bits per heavy atom. The number of alkyl carbamates (subject to hydrolysis) is 1. The molecule has 330 valence electrons. The van der Waals surface area contributed by atoms with E-state index < -0.39 is 87.5 Å². The summed E-state index contributed by atoms with van der Waals surface area (Å²) in [4.78, 5) is 76.9. The Balaban J connectivity index is 1.24. The van der Waals surface area contributed by atoms with Crippen molar-refractivity contribution in [1.29, 1.82) is 0 Å². The van der Waals surface area contributed by atoms with Crippen molar-refractivity contribution in [2.45, 2.75) is 102 Å². The monoisotopic (exact) mass is 895 g/mol. The van der Waals surface area contributed by atoms with Gasteiger partial charge in [-0.25, -0.2) is 23.7 Å². The second-order valence-corrected chi connectivity index (χ2v) is 18.3. The van der Waals surface area contributed by atoms with E-state index in [9.17, 15) is 36.9 Å². The zero-order valence-corrected chi connectivity index (χ0v) is 36.1. The van der Waals surface area contributed by atoms with Crippen LogP contribution in [0.15, 0.2) is 77.4 Å². The van der Waals surface area contributed by atoms with Crippen LogP contribution in [0.3, 0.4) is 0 Å². The van der Waals surface area contributed by atoms with Gasteiger partial charge in [0.05, 0.1) is 19.3 Å². The van der Waals surface area contributed by atoms with E-state index in [-0.39, 0.29) is 40.2 Å². The standard InChI is InChI=1S/C39H45N9O12S2/c1-37(2,3)58-35(52)40-19-25-20-41-47(45-25)21-27-29(32(50)48(27)62(54,55)56)43-31(49)28(26-22-61-34(42-26)44-36(53)59-38(4,5)6)46-60-39(17-18-39)33(51)57-30(23-13-9-7-10-14-23)24-15-11-8-12-16-24/h7-16,20,22,27,29-30H,17-19,21H2,1-6H3,(H,40,52)(H,43,49)(H,42,44,53)(H,54,55,56)/b46-28+/t27-,29+/m1/s1. The van der Waals surface area contributed by atoms with E-state index in [1.54, 1.807) is 90.1 Å². The molecule has 0 radical (unpaired) electrons. The van der Waals surface area contributed by atoms with E-state index in [4.69, 9.17) is 19.0 Å². The van der Waals surface area contributed by atoms with E-state index >= 15 is 0 Å². The number of benzene rings is 2. The van der Waals surface area contributed by atoms with Gasteiger partial charge < -0.3 is 29.7 Å². The Bertz CT molecular complexity index is 2400. The first-order valence-corrected chi connectivity index (χ1v) is 21.4. The van der Waals surface area contributed by atoms with Crippen LogP contribution in [0.2, 0.25) is 0 Å². The van der Waals surface area contributed by atoms with Crippen molar-refractivity contribution in [2.24, 2.45) is 5.16 Å². The number of oxime groups is 1. The number of β-lactam (4-membered cyclic amide) rings is 1. The normalized spacial score (nSPS) is 17.4. The van der Waals surface area contributed by atoms with Crippen LogP contribution in [0.1, 0.15) is 83.0 Å². The fourth-order valence-electron chi connectivity index (χ4n) is 5.91. The van der Waals surface area contributed by atoms with E-state index in [0.29, 0.717) is 11.1 Å². The van der Waals surface area contributed by atoms with Crippen molar-refractivity contribution in [3.8, 4) is 0 Å². The fourth-order valence-corrected chi connectivity index (χ4v) is 7.46. The van der Waals surface area contributed by atoms with Gasteiger partial charge in [-0.05, 0) is 52.7 Å². The summed E-state index contributed by atoms with van der Waals surface area (Å²) in [5.41, 5.74) is -2.33. The van der Waals surface area contributed by atoms with Gasteiger partial charge >= 0.3 is 28.5 Å². The van der Waals surface area contributed by atoms with E-state index in [0.717, 1.165) is 16.1 Å². The summed E-state index contributed by atoms with van der Waals surface area (Å²) in [6, 6.07) is 15.0. The number of aromatic nitrogens is 4. The molecule has 0 bridgehead atoms. The second kappa shape index (κ2) is 17.9. The quantitative estimate of drug-likeness (QED) is 0.0329. The summed E-state index contributed by atoms with van der Waals surface area (Å²) in [7, 11) is -5.14. The zero-order chi connectivity index (χ0) is 45.0. The van der Waals surface area contributed by atoms with Gasteiger partial charge in [0.2, 0.25) is 5.60 Å². The van der Waals surface area contributed by atoms with Crippen molar-refractivity contribution in [3.63, 3.8) is 0 Å². The van der Waals surface area contributed by atoms with Gasteiger partial charge in [-0.3, -0.25) is 19.5 Å². The Hall–Kier alpha value is -6.46. The summed E-state index contributed by atoms with van der Waals surface area (Å²) < 4.78 is 51.3. The first-order valence-electron chi connectivity index (χ1n) is 19.1.